The Morgan fingerprint density at radius 1 is 0.958 bits per heavy atom. The molecule has 1 aromatic heterocycles. The van der Waals surface area contributed by atoms with Crippen molar-refractivity contribution in [2.24, 2.45) is 51.2 Å². The number of halogens is 1. The average Bonchev–Trinajstić information content (AvgIpc) is 3.44. The van der Waals surface area contributed by atoms with Gasteiger partial charge in [-0.15, -0.1) is 0 Å². The standard InChI is InChI=1S/C43H57FN2O2/c1-27(2)31-15-21-43(46-26-28-18-24-45-36(44)25-28)23-22-41(6)33(37(31)43)13-14-35-40(5)19-16-32(29-9-11-30(12-10-29)38(47)48-8)39(3,4)34(40)17-20-42(35,41)7/h9-12,16,18,24-25,31,33-35,37,46H,1,13-15,17,19-23,26H2,2-8H3/t31-,33+,34?,35?,37?,40-,41+,42+,43-/m0/s1. The number of carbonyl (C=O) groups excluding carboxylic acids is 1. The summed E-state index contributed by atoms with van der Waals surface area (Å²) < 4.78 is 19.0. The highest BCUT2D eigenvalue weighted by Crippen LogP contribution is 2.76. The van der Waals surface area contributed by atoms with Gasteiger partial charge in [0, 0.05) is 18.3 Å². The lowest BCUT2D eigenvalue weighted by Crippen LogP contribution is -2.67. The van der Waals surface area contributed by atoms with Crippen LogP contribution < -0.4 is 5.32 Å². The van der Waals surface area contributed by atoms with Gasteiger partial charge in [0.25, 0.3) is 0 Å². The zero-order chi connectivity index (χ0) is 34.3. The molecule has 0 amide bonds. The van der Waals surface area contributed by atoms with Crippen LogP contribution in [-0.2, 0) is 11.3 Å². The van der Waals surface area contributed by atoms with E-state index in [1.807, 2.05) is 18.2 Å². The number of allylic oxidation sites excluding steroid dienone is 3. The Morgan fingerprint density at radius 3 is 2.40 bits per heavy atom. The van der Waals surface area contributed by atoms with E-state index in [1.54, 1.807) is 12.3 Å². The minimum atomic E-state index is -0.398. The molecule has 4 fully saturated rings. The Hall–Kier alpha value is -2.79. The Balaban J connectivity index is 1.19. The van der Waals surface area contributed by atoms with Crippen LogP contribution in [0.2, 0.25) is 0 Å². The Morgan fingerprint density at radius 2 is 1.71 bits per heavy atom. The fourth-order valence-corrected chi connectivity index (χ4v) is 13.3. The van der Waals surface area contributed by atoms with E-state index >= 15 is 0 Å². The number of ether oxygens (including phenoxy) is 1. The first-order chi connectivity index (χ1) is 22.7. The van der Waals surface area contributed by atoms with Gasteiger partial charge in [-0.05, 0) is 157 Å². The summed E-state index contributed by atoms with van der Waals surface area (Å²) in [5.74, 6) is 2.34. The fraction of sp³-hybridized carbons (Fsp3) is 0.628. The van der Waals surface area contributed by atoms with Gasteiger partial charge in [-0.25, -0.2) is 9.78 Å². The summed E-state index contributed by atoms with van der Waals surface area (Å²) in [5.41, 5.74) is 6.48. The normalized spacial score (nSPS) is 39.7. The number of carbonyl (C=O) groups is 1. The highest BCUT2D eigenvalue weighted by atomic mass is 19.1. The fourth-order valence-electron chi connectivity index (χ4n) is 13.3. The second kappa shape index (κ2) is 11.6. The topological polar surface area (TPSA) is 51.2 Å². The Kier molecular flexibility index (Phi) is 8.17. The number of nitrogens with one attached hydrogen (secondary N) is 1. The van der Waals surface area contributed by atoms with Crippen molar-refractivity contribution in [1.82, 2.24) is 10.3 Å². The molecule has 4 saturated carbocycles. The number of pyridine rings is 1. The molecule has 5 aliphatic carbocycles. The van der Waals surface area contributed by atoms with E-state index in [1.165, 1.54) is 75.2 Å². The highest BCUT2D eigenvalue weighted by molar-refractivity contribution is 5.89. The van der Waals surface area contributed by atoms with Gasteiger partial charge < -0.3 is 10.1 Å². The second-order valence-electron chi connectivity index (χ2n) is 17.8. The summed E-state index contributed by atoms with van der Waals surface area (Å²) >= 11 is 0. The van der Waals surface area contributed by atoms with E-state index in [2.05, 4.69) is 76.6 Å². The molecule has 2 aromatic rings. The maximum Gasteiger partial charge on any atom is 0.337 e. The largest absolute Gasteiger partial charge is 0.465 e. The molecule has 0 spiro atoms. The number of methoxy groups -OCH3 is 1. The summed E-state index contributed by atoms with van der Waals surface area (Å²) in [7, 11) is 1.44. The summed E-state index contributed by atoms with van der Waals surface area (Å²) in [6, 6.07) is 11.6. The molecule has 258 valence electrons. The third-order valence-corrected chi connectivity index (χ3v) is 15.7. The molecular formula is C43H57FN2O2. The van der Waals surface area contributed by atoms with Crippen LogP contribution in [0, 0.1) is 57.2 Å². The molecule has 0 radical (unpaired) electrons. The van der Waals surface area contributed by atoms with Gasteiger partial charge in [-0.2, -0.15) is 4.39 Å². The molecule has 9 atom stereocenters. The zero-order valence-electron chi connectivity index (χ0n) is 30.4. The molecule has 1 heterocycles. The maximum absolute atomic E-state index is 14.0. The first-order valence-corrected chi connectivity index (χ1v) is 18.6. The van der Waals surface area contributed by atoms with E-state index in [4.69, 9.17) is 4.74 Å². The molecule has 1 aromatic carbocycles. The first kappa shape index (κ1) is 33.7. The van der Waals surface area contributed by atoms with Gasteiger partial charge >= 0.3 is 5.97 Å². The van der Waals surface area contributed by atoms with Crippen LogP contribution in [-0.4, -0.2) is 23.6 Å². The number of rotatable bonds is 6. The lowest BCUT2D eigenvalue weighted by atomic mass is 9.33. The Bertz CT molecular complexity index is 1630. The molecule has 1 N–H and O–H groups in total. The molecule has 5 heteroatoms. The third-order valence-electron chi connectivity index (χ3n) is 15.7. The van der Waals surface area contributed by atoms with Gasteiger partial charge in [0.05, 0.1) is 12.7 Å². The van der Waals surface area contributed by atoms with Crippen LogP contribution in [0.15, 0.2) is 60.8 Å². The maximum atomic E-state index is 14.0. The first-order valence-electron chi connectivity index (χ1n) is 18.6. The molecule has 48 heavy (non-hydrogen) atoms. The van der Waals surface area contributed by atoms with E-state index in [0.717, 1.165) is 12.0 Å². The quantitative estimate of drug-likeness (QED) is 0.192. The van der Waals surface area contributed by atoms with Crippen LogP contribution in [0.1, 0.15) is 121 Å². The third kappa shape index (κ3) is 4.83. The van der Waals surface area contributed by atoms with Gasteiger partial charge in [-0.3, -0.25) is 0 Å². The molecular weight excluding hydrogens is 595 g/mol. The van der Waals surface area contributed by atoms with Gasteiger partial charge in [-0.1, -0.05) is 65.0 Å². The van der Waals surface area contributed by atoms with Crippen molar-refractivity contribution in [2.75, 3.05) is 7.11 Å². The molecule has 4 nitrogen and oxygen atoms in total. The van der Waals surface area contributed by atoms with Crippen LogP contribution in [0.4, 0.5) is 4.39 Å². The monoisotopic (exact) mass is 652 g/mol. The zero-order valence-corrected chi connectivity index (χ0v) is 30.4. The summed E-state index contributed by atoms with van der Waals surface area (Å²) in [5, 5.41) is 4.09. The van der Waals surface area contributed by atoms with Crippen molar-refractivity contribution in [1.29, 1.82) is 0 Å². The smallest absolute Gasteiger partial charge is 0.337 e. The van der Waals surface area contributed by atoms with Gasteiger partial charge in [0.1, 0.15) is 0 Å². The number of benzene rings is 1. The van der Waals surface area contributed by atoms with Crippen molar-refractivity contribution in [3.8, 4) is 0 Å². The Labute approximate surface area is 288 Å². The number of aromatic nitrogens is 1. The average molecular weight is 653 g/mol. The van der Waals surface area contributed by atoms with Crippen molar-refractivity contribution in [2.45, 2.75) is 111 Å². The van der Waals surface area contributed by atoms with E-state index in [0.29, 0.717) is 41.7 Å². The molecule has 7 rings (SSSR count). The second-order valence-corrected chi connectivity index (χ2v) is 17.8. The number of hydrogen-bond acceptors (Lipinski definition) is 4. The van der Waals surface area contributed by atoms with Crippen molar-refractivity contribution in [3.05, 3.63) is 83.5 Å². The molecule has 0 bridgehead atoms. The van der Waals surface area contributed by atoms with Crippen molar-refractivity contribution >= 4 is 11.5 Å². The van der Waals surface area contributed by atoms with Gasteiger partial charge in [0.2, 0.25) is 5.95 Å². The molecule has 0 saturated heterocycles. The number of fused-ring (bicyclic) bond motifs is 7. The summed E-state index contributed by atoms with van der Waals surface area (Å²) in [6.07, 6.45) is 15.2. The predicted molar refractivity (Wildman–Crippen MR) is 191 cm³/mol. The van der Waals surface area contributed by atoms with Crippen LogP contribution in [0.5, 0.6) is 0 Å². The molecule has 5 aliphatic rings. The lowest BCUT2D eigenvalue weighted by Gasteiger charge is -2.72. The minimum absolute atomic E-state index is 0.0352. The van der Waals surface area contributed by atoms with E-state index < -0.39 is 5.95 Å². The van der Waals surface area contributed by atoms with E-state index in [9.17, 15) is 9.18 Å². The van der Waals surface area contributed by atoms with Crippen LogP contribution >= 0.6 is 0 Å². The van der Waals surface area contributed by atoms with Crippen LogP contribution in [0.3, 0.4) is 0 Å². The summed E-state index contributed by atoms with van der Waals surface area (Å²) in [6.45, 7) is 20.5. The number of nitrogens with zero attached hydrogens (tertiary/aromatic N) is 1. The SMILES string of the molecule is C=C(C)[C@@H]1CC[C@]2(NCc3ccnc(F)c3)CC[C@]3(C)[C@H](CCC4[C@@]5(C)CC=C(c6ccc(C(=O)OC)cc6)C(C)(C)C5CC[C@]43C)C12. The van der Waals surface area contributed by atoms with Crippen molar-refractivity contribution < 1.29 is 13.9 Å². The molecule has 0 aliphatic heterocycles. The van der Waals surface area contributed by atoms with E-state index in [-0.39, 0.29) is 33.2 Å². The number of hydrogen-bond donors (Lipinski definition) is 1. The highest BCUT2D eigenvalue weighted by Gasteiger charge is 2.70. The number of esters is 1. The predicted octanol–water partition coefficient (Wildman–Crippen LogP) is 10.2. The minimum Gasteiger partial charge on any atom is -0.465 e. The summed E-state index contributed by atoms with van der Waals surface area (Å²) in [4.78, 5) is 15.9. The lowest BCUT2D eigenvalue weighted by molar-refractivity contribution is -0.219. The van der Waals surface area contributed by atoms with Gasteiger partial charge in [0.15, 0.2) is 0 Å². The van der Waals surface area contributed by atoms with Crippen molar-refractivity contribution in [3.63, 3.8) is 0 Å². The van der Waals surface area contributed by atoms with Crippen LogP contribution in [0.25, 0.3) is 5.57 Å². The molecule has 3 unspecified atom stereocenters.